The molecule has 2 N–H and O–H groups in total. The Balaban J connectivity index is 5.46. The molecular weight excluding hydrogens is 208 g/mol. The van der Waals surface area contributed by atoms with E-state index in [1.165, 1.54) is 4.82 Å². The van der Waals surface area contributed by atoms with E-state index in [0.29, 0.717) is 0 Å². The van der Waals surface area contributed by atoms with E-state index in [0.717, 1.165) is 5.57 Å². The summed E-state index contributed by atoms with van der Waals surface area (Å²) in [7, 11) is -2.85. The van der Waals surface area contributed by atoms with Gasteiger partial charge in [-0.1, -0.05) is 44.1 Å². The summed E-state index contributed by atoms with van der Waals surface area (Å²) in [5.74, 6) is 0. The van der Waals surface area contributed by atoms with Gasteiger partial charge in [-0.15, -0.1) is 0 Å². The summed E-state index contributed by atoms with van der Waals surface area (Å²) in [5, 5.41) is 18.5. The molecule has 0 spiro atoms. The zero-order chi connectivity index (χ0) is 11.7. The van der Waals surface area contributed by atoms with Gasteiger partial charge in [-0.2, -0.15) is 0 Å². The number of hydrogen-bond donors (Lipinski definition) is 2. The van der Waals surface area contributed by atoms with Crippen molar-refractivity contribution >= 4 is 16.1 Å². The fourth-order valence-corrected chi connectivity index (χ4v) is 14.1. The molecule has 0 amide bonds. The molecule has 0 saturated heterocycles. The van der Waals surface area contributed by atoms with Crippen molar-refractivity contribution < 1.29 is 10.2 Å². The third-order valence-electron chi connectivity index (χ3n) is 2.28. The van der Waals surface area contributed by atoms with Crippen LogP contribution in [-0.4, -0.2) is 32.7 Å². The Labute approximate surface area is 89.7 Å². The van der Waals surface area contributed by atoms with Crippen LogP contribution in [-0.2, 0) is 0 Å². The topological polar surface area (TPSA) is 40.5 Å². The van der Waals surface area contributed by atoms with Crippen LogP contribution >= 0.6 is 0 Å². The SMILES string of the molecule is CC(=C([Si](C)(C)C)[Si](C)(C)C)C(O)O. The fourth-order valence-electron chi connectivity index (χ4n) is 2.44. The van der Waals surface area contributed by atoms with E-state index in [2.05, 4.69) is 39.3 Å². The molecule has 84 valence electrons. The molecule has 0 aliphatic heterocycles. The van der Waals surface area contributed by atoms with E-state index in [-0.39, 0.29) is 0 Å². The van der Waals surface area contributed by atoms with Crippen LogP contribution in [0.4, 0.5) is 0 Å². The van der Waals surface area contributed by atoms with Crippen LogP contribution in [0.3, 0.4) is 0 Å². The predicted octanol–water partition coefficient (Wildman–Crippen LogP) is 2.37. The fraction of sp³-hybridized carbons (Fsp3) is 0.800. The lowest BCUT2D eigenvalue weighted by molar-refractivity contribution is -0.00781. The Hall–Kier alpha value is 0.0938. The van der Waals surface area contributed by atoms with Gasteiger partial charge in [0.25, 0.3) is 0 Å². The van der Waals surface area contributed by atoms with Gasteiger partial charge in [0.1, 0.15) is 0 Å². The summed E-state index contributed by atoms with van der Waals surface area (Å²) in [6.45, 7) is 15.5. The molecule has 0 radical (unpaired) electrons. The molecule has 0 aromatic carbocycles. The molecule has 0 saturated carbocycles. The zero-order valence-electron chi connectivity index (χ0n) is 10.5. The van der Waals surface area contributed by atoms with E-state index < -0.39 is 22.4 Å². The van der Waals surface area contributed by atoms with Gasteiger partial charge in [-0.05, 0) is 12.5 Å². The largest absolute Gasteiger partial charge is 0.365 e. The van der Waals surface area contributed by atoms with Gasteiger partial charge >= 0.3 is 0 Å². The Bertz CT molecular complexity index is 215. The molecule has 0 aromatic heterocycles. The van der Waals surface area contributed by atoms with E-state index in [9.17, 15) is 10.2 Å². The molecule has 0 fully saturated rings. The summed E-state index contributed by atoms with van der Waals surface area (Å²) in [5.41, 5.74) is 0.795. The summed E-state index contributed by atoms with van der Waals surface area (Å²) in [6, 6.07) is 0. The van der Waals surface area contributed by atoms with Crippen LogP contribution in [0.25, 0.3) is 0 Å². The van der Waals surface area contributed by atoms with Gasteiger partial charge < -0.3 is 10.2 Å². The molecule has 0 aliphatic rings. The van der Waals surface area contributed by atoms with Crippen molar-refractivity contribution in [1.29, 1.82) is 0 Å². The Morgan fingerprint density at radius 1 is 0.857 bits per heavy atom. The minimum absolute atomic E-state index is 0.795. The van der Waals surface area contributed by atoms with Crippen molar-refractivity contribution in [3.63, 3.8) is 0 Å². The summed E-state index contributed by atoms with van der Waals surface area (Å²) in [6.07, 6.45) is -1.27. The zero-order valence-corrected chi connectivity index (χ0v) is 12.5. The maximum Gasteiger partial charge on any atom is 0.173 e. The second-order valence-electron chi connectivity index (χ2n) is 5.93. The average molecular weight is 232 g/mol. The summed E-state index contributed by atoms with van der Waals surface area (Å²) in [4.78, 5) is 1.39. The second-order valence-corrected chi connectivity index (χ2v) is 16.4. The van der Waals surface area contributed by atoms with Crippen LogP contribution in [0.5, 0.6) is 0 Å². The van der Waals surface area contributed by atoms with Gasteiger partial charge in [0, 0.05) is 0 Å². The van der Waals surface area contributed by atoms with E-state index in [1.807, 2.05) is 6.92 Å². The van der Waals surface area contributed by atoms with Crippen molar-refractivity contribution in [2.24, 2.45) is 0 Å². The number of aliphatic hydroxyl groups excluding tert-OH is 1. The van der Waals surface area contributed by atoms with E-state index >= 15 is 0 Å². The molecule has 0 bridgehead atoms. The van der Waals surface area contributed by atoms with Gasteiger partial charge in [-0.25, -0.2) is 0 Å². The highest BCUT2D eigenvalue weighted by atomic mass is 28.4. The van der Waals surface area contributed by atoms with Crippen molar-refractivity contribution in [2.75, 3.05) is 0 Å². The minimum Gasteiger partial charge on any atom is -0.365 e. The standard InChI is InChI=1S/C10H24O2Si2/c1-8(9(11)12)10(13(2,3)4)14(5,6)7/h9,11-12H,1-7H3. The first kappa shape index (κ1) is 14.1. The first-order valence-corrected chi connectivity index (χ1v) is 12.1. The molecule has 2 nitrogen and oxygen atoms in total. The third-order valence-corrected chi connectivity index (χ3v) is 10.6. The lowest BCUT2D eigenvalue weighted by Crippen LogP contribution is -2.42. The number of aliphatic hydroxyl groups is 2. The first-order valence-electron chi connectivity index (χ1n) is 5.06. The van der Waals surface area contributed by atoms with Crippen molar-refractivity contribution in [3.8, 4) is 0 Å². The van der Waals surface area contributed by atoms with Gasteiger partial charge in [0.05, 0.1) is 16.1 Å². The Morgan fingerprint density at radius 3 is 1.21 bits per heavy atom. The second kappa shape index (κ2) is 4.30. The monoisotopic (exact) mass is 232 g/mol. The normalized spacial score (nSPS) is 13.3. The van der Waals surface area contributed by atoms with Crippen LogP contribution in [0.2, 0.25) is 39.3 Å². The van der Waals surface area contributed by atoms with Crippen molar-refractivity contribution in [3.05, 3.63) is 10.4 Å². The molecule has 4 heteroatoms. The lowest BCUT2D eigenvalue weighted by Gasteiger charge is -2.34. The minimum atomic E-state index is -1.43. The maximum atomic E-state index is 9.26. The van der Waals surface area contributed by atoms with Gasteiger partial charge in [0.15, 0.2) is 6.29 Å². The van der Waals surface area contributed by atoms with Crippen LogP contribution in [0.1, 0.15) is 6.92 Å². The predicted molar refractivity (Wildman–Crippen MR) is 67.6 cm³/mol. The summed E-state index contributed by atoms with van der Waals surface area (Å²) >= 11 is 0. The molecule has 0 rings (SSSR count). The molecule has 0 unspecified atom stereocenters. The molecule has 14 heavy (non-hydrogen) atoms. The summed E-state index contributed by atoms with van der Waals surface area (Å²) < 4.78 is 0. The van der Waals surface area contributed by atoms with Crippen LogP contribution in [0.15, 0.2) is 10.4 Å². The Morgan fingerprint density at radius 2 is 1.14 bits per heavy atom. The smallest absolute Gasteiger partial charge is 0.173 e. The quantitative estimate of drug-likeness (QED) is 0.579. The van der Waals surface area contributed by atoms with Crippen LogP contribution < -0.4 is 0 Å². The first-order chi connectivity index (χ1) is 5.98. The molecule has 0 aliphatic carbocycles. The number of hydrogen-bond acceptors (Lipinski definition) is 2. The highest BCUT2D eigenvalue weighted by Crippen LogP contribution is 2.29. The molecule has 0 aromatic rings. The maximum absolute atomic E-state index is 9.26. The van der Waals surface area contributed by atoms with Crippen molar-refractivity contribution in [2.45, 2.75) is 52.5 Å². The molecule has 0 heterocycles. The average Bonchev–Trinajstić information content (AvgIpc) is 1.79. The molecule has 0 atom stereocenters. The highest BCUT2D eigenvalue weighted by Gasteiger charge is 2.33. The van der Waals surface area contributed by atoms with Crippen molar-refractivity contribution in [1.82, 2.24) is 0 Å². The third kappa shape index (κ3) is 3.69. The van der Waals surface area contributed by atoms with Gasteiger partial charge in [0.2, 0.25) is 0 Å². The highest BCUT2D eigenvalue weighted by molar-refractivity contribution is 7.04. The van der Waals surface area contributed by atoms with E-state index in [4.69, 9.17) is 0 Å². The van der Waals surface area contributed by atoms with Gasteiger partial charge in [-0.3, -0.25) is 0 Å². The lowest BCUT2D eigenvalue weighted by atomic mass is 10.3. The molecular formula is C10H24O2Si2. The Kier molecular flexibility index (Phi) is 4.33. The van der Waals surface area contributed by atoms with Crippen LogP contribution in [0, 0.1) is 0 Å². The van der Waals surface area contributed by atoms with E-state index in [1.54, 1.807) is 0 Å². The number of rotatable bonds is 3.